The molecule has 0 saturated carbocycles. The monoisotopic (exact) mass is 1270 g/mol. The molecule has 7 aromatic rings. The molecule has 8 nitrogen and oxygen atoms in total. The van der Waals surface area contributed by atoms with E-state index in [1.165, 1.54) is 0 Å². The standard InChI is InChI=1S/C32H6Br8Cl4N8/c33-9-1-5-13(21(41)17(9)37)29-45-25(5)49-30-14-6(2-10(34)18(38)22(14)42)27(46-30)51-32-16-8(4-12(36)20(40)24(16)44)28(48-32)52-31-15-7(26(47-31)50-29)3-11(35)19(39)23(15)43/h1-4H,(H2,45,46,47,48,49,50,51,52). The Balaban J connectivity index is 1.56. The average molecular weight is 1280 g/mol. The lowest BCUT2D eigenvalue weighted by Gasteiger charge is -2.06. The minimum Gasteiger partial charge on any atom is -0.324 e. The average Bonchev–Trinajstić information content (AvgIpc) is 3.82. The Kier molecular flexibility index (Phi) is 9.52. The lowest BCUT2D eigenvalue weighted by atomic mass is 10.1. The Morgan fingerprint density at radius 3 is 1.10 bits per heavy atom. The summed E-state index contributed by atoms with van der Waals surface area (Å²) >= 11 is 56.9. The summed E-state index contributed by atoms with van der Waals surface area (Å²) < 4.78 is 5.37. The minimum atomic E-state index is 0.305. The molecule has 8 bridgehead atoms. The van der Waals surface area contributed by atoms with Gasteiger partial charge in [0.05, 0.1) is 49.1 Å². The predicted molar refractivity (Wildman–Crippen MR) is 238 cm³/mol. The van der Waals surface area contributed by atoms with Gasteiger partial charge in [-0.2, -0.15) is 0 Å². The van der Waals surface area contributed by atoms with Gasteiger partial charge in [0.2, 0.25) is 0 Å². The molecule has 2 aliphatic heterocycles. The molecule has 52 heavy (non-hydrogen) atoms. The third kappa shape index (κ3) is 5.58. The zero-order chi connectivity index (χ0) is 36.7. The van der Waals surface area contributed by atoms with Crippen LogP contribution in [0, 0.1) is 0 Å². The maximum Gasteiger partial charge on any atom is 0.166 e. The van der Waals surface area contributed by atoms with Gasteiger partial charge in [0.25, 0.3) is 0 Å². The number of fused-ring (bicyclic) bond motifs is 20. The Morgan fingerprint density at radius 2 is 0.712 bits per heavy atom. The second-order valence-electron chi connectivity index (χ2n) is 11.2. The van der Waals surface area contributed by atoms with E-state index >= 15 is 0 Å². The highest BCUT2D eigenvalue weighted by atomic mass is 79.9. The molecular weight excluding hydrogens is 1280 g/mol. The van der Waals surface area contributed by atoms with Gasteiger partial charge in [0, 0.05) is 50.6 Å². The molecule has 0 aliphatic carbocycles. The Morgan fingerprint density at radius 1 is 0.385 bits per heavy atom. The number of aromatic amines is 2. The van der Waals surface area contributed by atoms with Gasteiger partial charge in [-0.25, -0.2) is 29.9 Å². The second-order valence-corrected chi connectivity index (χ2v) is 19.3. The van der Waals surface area contributed by atoms with Crippen molar-refractivity contribution in [3.8, 4) is 45.6 Å². The number of rotatable bonds is 0. The van der Waals surface area contributed by atoms with E-state index in [0.717, 1.165) is 0 Å². The molecule has 0 amide bonds. The van der Waals surface area contributed by atoms with E-state index in [0.29, 0.717) is 146 Å². The Bertz CT molecular complexity index is 2820. The largest absolute Gasteiger partial charge is 0.324 e. The van der Waals surface area contributed by atoms with E-state index in [9.17, 15) is 0 Å². The van der Waals surface area contributed by atoms with E-state index in [-0.39, 0.29) is 0 Å². The van der Waals surface area contributed by atoms with Gasteiger partial charge in [-0.3, -0.25) is 0 Å². The molecule has 9 rings (SSSR count). The van der Waals surface area contributed by atoms with Crippen molar-refractivity contribution in [1.82, 2.24) is 39.9 Å². The topological polar surface area (TPSA) is 109 Å². The summed E-state index contributed by atoms with van der Waals surface area (Å²) in [6, 6.07) is 7.55. The van der Waals surface area contributed by atoms with Crippen LogP contribution in [0.1, 0.15) is 0 Å². The Labute approximate surface area is 378 Å². The molecule has 258 valence electrons. The van der Waals surface area contributed by atoms with Crippen LogP contribution in [0.4, 0.5) is 0 Å². The number of aromatic nitrogens is 8. The maximum atomic E-state index is 7.02. The zero-order valence-electron chi connectivity index (χ0n) is 24.5. The van der Waals surface area contributed by atoms with Crippen molar-refractivity contribution < 1.29 is 0 Å². The van der Waals surface area contributed by atoms with Gasteiger partial charge in [-0.15, -0.1) is 0 Å². The molecule has 4 aromatic carbocycles. The predicted octanol–water partition coefficient (Wildman–Crippen LogP) is 15.6. The third-order valence-electron chi connectivity index (χ3n) is 8.33. The molecule has 0 saturated heterocycles. The maximum absolute atomic E-state index is 7.02. The van der Waals surface area contributed by atoms with Crippen LogP contribution in [-0.2, 0) is 0 Å². The lowest BCUT2D eigenvalue weighted by Crippen LogP contribution is -1.87. The first-order chi connectivity index (χ1) is 24.7. The molecule has 2 N–H and O–H groups in total. The number of hydrogen-bond acceptors (Lipinski definition) is 6. The van der Waals surface area contributed by atoms with Crippen LogP contribution in [0.5, 0.6) is 0 Å². The Hall–Kier alpha value is -0.760. The number of benzene rings is 4. The first-order valence-electron chi connectivity index (χ1n) is 14.3. The fourth-order valence-electron chi connectivity index (χ4n) is 6.02. The first kappa shape index (κ1) is 36.9. The fraction of sp³-hybridized carbons (Fsp3) is 0. The minimum absolute atomic E-state index is 0.305. The third-order valence-corrected chi connectivity index (χ3v) is 18.7. The van der Waals surface area contributed by atoms with Crippen LogP contribution in [0.3, 0.4) is 0 Å². The second kappa shape index (κ2) is 13.4. The molecule has 20 heteroatoms. The quantitative estimate of drug-likeness (QED) is 0.146. The van der Waals surface area contributed by atoms with Crippen LogP contribution in [0.25, 0.3) is 89.7 Å². The van der Waals surface area contributed by atoms with E-state index in [2.05, 4.69) is 137 Å². The summed E-state index contributed by atoms with van der Waals surface area (Å²) in [6.45, 7) is 0. The number of hydrogen-bond donors (Lipinski definition) is 2. The van der Waals surface area contributed by atoms with Gasteiger partial charge in [-0.05, 0) is 152 Å². The fourth-order valence-corrected chi connectivity index (χ4v) is 10.6. The molecule has 0 fully saturated rings. The van der Waals surface area contributed by atoms with E-state index in [1.807, 2.05) is 24.3 Å². The number of halogens is 12. The number of nitrogens with zero attached hydrogens (tertiary/aromatic N) is 6. The summed E-state index contributed by atoms with van der Waals surface area (Å²) in [5.74, 6) is 1.28. The summed E-state index contributed by atoms with van der Waals surface area (Å²) in [4.78, 5) is 36.8. The van der Waals surface area contributed by atoms with Gasteiger partial charge in [0.1, 0.15) is 22.6 Å². The molecule has 0 unspecified atom stereocenters. The van der Waals surface area contributed by atoms with Crippen molar-refractivity contribution in [3.05, 3.63) is 80.1 Å². The van der Waals surface area contributed by atoms with Gasteiger partial charge >= 0.3 is 0 Å². The van der Waals surface area contributed by atoms with Crippen molar-refractivity contribution >= 4 is 218 Å². The number of H-pyrrole nitrogens is 2. The van der Waals surface area contributed by atoms with Crippen molar-refractivity contribution in [2.75, 3.05) is 0 Å². The summed E-state index contributed by atoms with van der Waals surface area (Å²) in [6.07, 6.45) is 0. The molecule has 0 spiro atoms. The smallest absolute Gasteiger partial charge is 0.166 e. The zero-order valence-corrected chi connectivity index (χ0v) is 40.2. The molecule has 3 aromatic heterocycles. The van der Waals surface area contributed by atoms with Crippen LogP contribution < -0.4 is 0 Å². The highest BCUT2D eigenvalue weighted by Gasteiger charge is 2.29. The number of nitrogens with one attached hydrogen (secondary N) is 2. The molecule has 2 aliphatic rings. The van der Waals surface area contributed by atoms with E-state index in [1.54, 1.807) is 0 Å². The summed E-state index contributed by atoms with van der Waals surface area (Å²) in [7, 11) is 0. The molecular formula is C32H6Br8Cl4N8. The van der Waals surface area contributed by atoms with E-state index < -0.39 is 0 Å². The van der Waals surface area contributed by atoms with Crippen LogP contribution in [0.15, 0.2) is 60.0 Å². The SMILES string of the molecule is Clc1c(Br)c(Br)cc2c1-c1nc-2nc2[nH]c(nc3nc(nc4[nH]c(n1)c1cc(Br)c(Br)c(Cl)c41)-c1cc(Br)c(Br)c(Cl)c1-3)c1cc(Br)c(Br)c(Cl)c21. The van der Waals surface area contributed by atoms with E-state index in [4.69, 9.17) is 76.3 Å². The van der Waals surface area contributed by atoms with Crippen LogP contribution >= 0.6 is 174 Å². The van der Waals surface area contributed by atoms with Gasteiger partial charge < -0.3 is 9.97 Å². The summed E-state index contributed by atoms with van der Waals surface area (Å²) in [5.41, 5.74) is 4.03. The summed E-state index contributed by atoms with van der Waals surface area (Å²) in [5, 5.41) is 4.10. The van der Waals surface area contributed by atoms with Crippen molar-refractivity contribution in [2.45, 2.75) is 0 Å². The molecule has 0 radical (unpaired) electrons. The molecule has 5 heterocycles. The highest BCUT2D eigenvalue weighted by molar-refractivity contribution is 9.14. The van der Waals surface area contributed by atoms with Crippen LogP contribution in [-0.4, -0.2) is 39.9 Å². The van der Waals surface area contributed by atoms with Gasteiger partial charge in [0.15, 0.2) is 23.3 Å². The highest BCUT2D eigenvalue weighted by Crippen LogP contribution is 2.49. The van der Waals surface area contributed by atoms with Crippen molar-refractivity contribution in [2.24, 2.45) is 0 Å². The van der Waals surface area contributed by atoms with Crippen molar-refractivity contribution in [1.29, 1.82) is 0 Å². The van der Waals surface area contributed by atoms with Crippen molar-refractivity contribution in [3.63, 3.8) is 0 Å². The lowest BCUT2D eigenvalue weighted by molar-refractivity contribution is 1.19. The van der Waals surface area contributed by atoms with Crippen LogP contribution in [0.2, 0.25) is 20.1 Å². The van der Waals surface area contributed by atoms with Gasteiger partial charge in [-0.1, -0.05) is 46.4 Å². The normalized spacial score (nSPS) is 12.2. The molecule has 0 atom stereocenters. The first-order valence-corrected chi connectivity index (χ1v) is 22.1.